The number of hydrogen-bond donors (Lipinski definition) is 1. The summed E-state index contributed by atoms with van der Waals surface area (Å²) in [5.74, 6) is 0.828. The van der Waals surface area contributed by atoms with Crippen molar-refractivity contribution in [2.24, 2.45) is 0 Å². The van der Waals surface area contributed by atoms with Crippen LogP contribution in [0.5, 0.6) is 0 Å². The molecule has 2 aromatic rings. The molecule has 1 N–H and O–H groups in total. The summed E-state index contributed by atoms with van der Waals surface area (Å²) >= 11 is 0. The number of benzene rings is 1. The fraction of sp³-hybridized carbons (Fsp3) is 0.467. The number of aliphatic hydroxyl groups is 1. The number of aliphatic hydroxyl groups excluding tert-OH is 1. The van der Waals surface area contributed by atoms with Crippen LogP contribution in [0.3, 0.4) is 0 Å². The zero-order valence-electron chi connectivity index (χ0n) is 12.3. The minimum Gasteiger partial charge on any atom is -0.388 e. The highest BCUT2D eigenvalue weighted by Gasteiger charge is 2.13. The van der Waals surface area contributed by atoms with Crippen molar-refractivity contribution >= 4 is 5.69 Å². The van der Waals surface area contributed by atoms with Gasteiger partial charge < -0.3 is 10.0 Å². The van der Waals surface area contributed by atoms with Crippen LogP contribution in [0.1, 0.15) is 30.8 Å². The van der Waals surface area contributed by atoms with Gasteiger partial charge in [-0.15, -0.1) is 0 Å². The van der Waals surface area contributed by atoms with E-state index < -0.39 is 6.10 Å². The molecule has 0 saturated carbocycles. The fourth-order valence-corrected chi connectivity index (χ4v) is 2.15. The molecule has 1 aromatic heterocycles. The third kappa shape index (κ3) is 3.36. The number of rotatable bonds is 6. The summed E-state index contributed by atoms with van der Waals surface area (Å²) in [6.45, 7) is 2.93. The Morgan fingerprint density at radius 1 is 1.35 bits per heavy atom. The van der Waals surface area contributed by atoms with Crippen LogP contribution in [0.25, 0.3) is 0 Å². The average molecular weight is 274 g/mol. The highest BCUT2D eigenvalue weighted by atomic mass is 16.3. The molecule has 0 amide bonds. The first-order valence-electron chi connectivity index (χ1n) is 6.94. The van der Waals surface area contributed by atoms with Crippen molar-refractivity contribution in [1.29, 1.82) is 0 Å². The maximum Gasteiger partial charge on any atom is 0.138 e. The Labute approximate surface area is 119 Å². The van der Waals surface area contributed by atoms with Gasteiger partial charge in [-0.25, -0.2) is 4.98 Å². The molecule has 0 fully saturated rings. The third-order valence-corrected chi connectivity index (χ3v) is 3.28. The molecular weight excluding hydrogens is 252 g/mol. The van der Waals surface area contributed by atoms with Crippen LogP contribution in [0.15, 0.2) is 30.6 Å². The molecule has 108 valence electrons. The highest BCUT2D eigenvalue weighted by molar-refractivity contribution is 5.47. The Morgan fingerprint density at radius 3 is 2.85 bits per heavy atom. The maximum atomic E-state index is 10.4. The Morgan fingerprint density at radius 2 is 2.15 bits per heavy atom. The Balaban J connectivity index is 2.13. The average Bonchev–Trinajstić information content (AvgIpc) is 2.86. The molecule has 0 saturated heterocycles. The zero-order chi connectivity index (χ0) is 14.5. The molecule has 1 unspecified atom stereocenters. The number of aromatic nitrogens is 3. The maximum absolute atomic E-state index is 10.4. The Hall–Kier alpha value is -1.88. The van der Waals surface area contributed by atoms with E-state index in [1.807, 2.05) is 47.9 Å². The predicted molar refractivity (Wildman–Crippen MR) is 79.7 cm³/mol. The van der Waals surface area contributed by atoms with E-state index in [-0.39, 0.29) is 0 Å². The number of nitrogens with zero attached hydrogens (tertiary/aromatic N) is 4. The zero-order valence-corrected chi connectivity index (χ0v) is 12.3. The molecule has 0 spiro atoms. The van der Waals surface area contributed by atoms with Gasteiger partial charge in [0.15, 0.2) is 0 Å². The van der Waals surface area contributed by atoms with Crippen LogP contribution < -0.4 is 4.90 Å². The number of aryl methyl sites for hydroxylation is 1. The van der Waals surface area contributed by atoms with E-state index in [1.54, 1.807) is 6.33 Å². The molecule has 0 aliphatic carbocycles. The topological polar surface area (TPSA) is 54.2 Å². The summed E-state index contributed by atoms with van der Waals surface area (Å²) in [5.41, 5.74) is 1.99. The van der Waals surface area contributed by atoms with Crippen molar-refractivity contribution in [1.82, 2.24) is 14.8 Å². The van der Waals surface area contributed by atoms with Crippen molar-refractivity contribution in [3.63, 3.8) is 0 Å². The van der Waals surface area contributed by atoms with Gasteiger partial charge in [0.25, 0.3) is 0 Å². The third-order valence-electron chi connectivity index (χ3n) is 3.28. The van der Waals surface area contributed by atoms with Crippen LogP contribution in [-0.2, 0) is 13.0 Å². The van der Waals surface area contributed by atoms with Gasteiger partial charge in [-0.05, 0) is 24.1 Å². The molecule has 1 atom stereocenters. The summed E-state index contributed by atoms with van der Waals surface area (Å²) < 4.78 is 1.86. The minimum atomic E-state index is -0.560. The van der Waals surface area contributed by atoms with Gasteiger partial charge in [0.1, 0.15) is 12.2 Å². The monoisotopic (exact) mass is 274 g/mol. The number of hydrogen-bond acceptors (Lipinski definition) is 4. The van der Waals surface area contributed by atoms with Gasteiger partial charge in [0.05, 0.1) is 6.10 Å². The second kappa shape index (κ2) is 6.52. The molecule has 5 nitrogen and oxygen atoms in total. The van der Waals surface area contributed by atoms with E-state index >= 15 is 0 Å². The van der Waals surface area contributed by atoms with Crippen LogP contribution in [-0.4, -0.2) is 34.0 Å². The van der Waals surface area contributed by atoms with Gasteiger partial charge in [-0.2, -0.15) is 5.10 Å². The number of anilines is 1. The van der Waals surface area contributed by atoms with Gasteiger partial charge in [-0.3, -0.25) is 4.68 Å². The molecule has 1 aromatic carbocycles. The highest BCUT2D eigenvalue weighted by Crippen LogP contribution is 2.21. The minimum absolute atomic E-state index is 0.483. The van der Waals surface area contributed by atoms with Crippen molar-refractivity contribution in [2.75, 3.05) is 19.0 Å². The summed E-state index contributed by atoms with van der Waals surface area (Å²) in [4.78, 5) is 6.26. The van der Waals surface area contributed by atoms with Gasteiger partial charge in [-0.1, -0.05) is 19.1 Å². The fourth-order valence-electron chi connectivity index (χ4n) is 2.15. The largest absolute Gasteiger partial charge is 0.388 e. The summed E-state index contributed by atoms with van der Waals surface area (Å²) in [6, 6.07) is 7.93. The van der Waals surface area contributed by atoms with Gasteiger partial charge in [0, 0.05) is 32.7 Å². The lowest BCUT2D eigenvalue weighted by Crippen LogP contribution is -2.12. The van der Waals surface area contributed by atoms with E-state index in [2.05, 4.69) is 17.0 Å². The molecule has 2 rings (SSSR count). The molecule has 20 heavy (non-hydrogen) atoms. The lowest BCUT2D eigenvalue weighted by Gasteiger charge is -2.16. The summed E-state index contributed by atoms with van der Waals surface area (Å²) in [7, 11) is 3.98. The van der Waals surface area contributed by atoms with Crippen molar-refractivity contribution in [2.45, 2.75) is 32.4 Å². The van der Waals surface area contributed by atoms with Crippen LogP contribution in [0.4, 0.5) is 5.69 Å². The molecule has 5 heteroatoms. The van der Waals surface area contributed by atoms with E-state index in [4.69, 9.17) is 0 Å². The molecule has 0 radical (unpaired) electrons. The summed E-state index contributed by atoms with van der Waals surface area (Å²) in [5, 5.41) is 14.6. The smallest absolute Gasteiger partial charge is 0.138 e. The second-order valence-electron chi connectivity index (χ2n) is 5.11. The van der Waals surface area contributed by atoms with E-state index in [9.17, 15) is 5.11 Å². The van der Waals surface area contributed by atoms with Gasteiger partial charge in [0.2, 0.25) is 0 Å². The predicted octanol–water partition coefficient (Wildman–Crippen LogP) is 2.03. The lowest BCUT2D eigenvalue weighted by molar-refractivity contribution is 0.174. The van der Waals surface area contributed by atoms with E-state index in [1.165, 1.54) is 0 Å². The Kier molecular flexibility index (Phi) is 4.74. The van der Waals surface area contributed by atoms with Gasteiger partial charge >= 0.3 is 0 Å². The second-order valence-corrected chi connectivity index (χ2v) is 5.11. The molecule has 1 heterocycles. The van der Waals surface area contributed by atoms with Crippen molar-refractivity contribution in [3.8, 4) is 0 Å². The molecule has 0 aliphatic rings. The lowest BCUT2D eigenvalue weighted by atomic mass is 10.1. The Bertz CT molecular complexity index is 550. The SMILES string of the molecule is CCCn1ncnc1CC(O)c1cccc(N(C)C)c1. The van der Waals surface area contributed by atoms with E-state index in [0.29, 0.717) is 6.42 Å². The molecule has 0 aliphatic heterocycles. The standard InChI is InChI=1S/C15H22N4O/c1-4-8-19-15(16-11-17-19)10-14(20)12-6-5-7-13(9-12)18(2)3/h5-7,9,11,14,20H,4,8,10H2,1-3H3. The van der Waals surface area contributed by atoms with Crippen LogP contribution >= 0.6 is 0 Å². The van der Waals surface area contributed by atoms with Crippen LogP contribution in [0.2, 0.25) is 0 Å². The normalized spacial score (nSPS) is 12.4. The van der Waals surface area contributed by atoms with E-state index in [0.717, 1.165) is 30.0 Å². The van der Waals surface area contributed by atoms with Crippen molar-refractivity contribution < 1.29 is 5.11 Å². The molecule has 0 bridgehead atoms. The molecular formula is C15H22N4O. The quantitative estimate of drug-likeness (QED) is 0.875. The van der Waals surface area contributed by atoms with Crippen LogP contribution in [0, 0.1) is 0 Å². The first-order chi connectivity index (χ1) is 9.61. The first kappa shape index (κ1) is 14.5. The summed E-state index contributed by atoms with van der Waals surface area (Å²) in [6.07, 6.45) is 2.47. The first-order valence-corrected chi connectivity index (χ1v) is 6.94. The van der Waals surface area contributed by atoms with Crippen molar-refractivity contribution in [3.05, 3.63) is 42.0 Å².